The molecule has 28 heavy (non-hydrogen) atoms. The average molecular weight is 464 g/mol. The minimum absolute atomic E-state index is 0.119. The van der Waals surface area contributed by atoms with Crippen LogP contribution in [0.3, 0.4) is 0 Å². The van der Waals surface area contributed by atoms with Crippen LogP contribution in [0.2, 0.25) is 0 Å². The van der Waals surface area contributed by atoms with Crippen molar-refractivity contribution in [2.75, 3.05) is 6.61 Å². The average Bonchev–Trinajstić information content (AvgIpc) is 2.98. The minimum Gasteiger partial charge on any atom is -0.465 e. The molecular formula is C18H14BrN3O5S. The zero-order valence-electron chi connectivity index (χ0n) is 14.6. The molecule has 0 spiro atoms. The molecule has 0 aliphatic carbocycles. The van der Waals surface area contributed by atoms with Gasteiger partial charge in [0, 0.05) is 16.6 Å². The molecule has 8 nitrogen and oxygen atoms in total. The topological polar surface area (TPSA) is 104 Å². The summed E-state index contributed by atoms with van der Waals surface area (Å²) in [5, 5.41) is 11.1. The molecule has 2 aromatic carbocycles. The van der Waals surface area contributed by atoms with Crippen molar-refractivity contribution in [3.63, 3.8) is 0 Å². The lowest BCUT2D eigenvalue weighted by atomic mass is 10.2. The van der Waals surface area contributed by atoms with E-state index in [9.17, 15) is 19.7 Å². The number of halogens is 1. The Balaban J connectivity index is 2.17. The van der Waals surface area contributed by atoms with E-state index in [2.05, 4.69) is 20.9 Å². The Morgan fingerprint density at radius 1 is 1.29 bits per heavy atom. The summed E-state index contributed by atoms with van der Waals surface area (Å²) in [6.45, 7) is 1.67. The van der Waals surface area contributed by atoms with Crippen molar-refractivity contribution in [3.8, 4) is 0 Å². The van der Waals surface area contributed by atoms with Gasteiger partial charge in [-0.3, -0.25) is 19.7 Å². The van der Waals surface area contributed by atoms with Gasteiger partial charge in [-0.25, -0.2) is 0 Å². The molecule has 0 radical (unpaired) electrons. The first-order valence-electron chi connectivity index (χ1n) is 8.17. The third-order valence-corrected chi connectivity index (χ3v) is 5.52. The molecule has 1 aromatic heterocycles. The molecule has 0 fully saturated rings. The fraction of sp³-hybridized carbons (Fsp3) is 0.167. The second-order valence-corrected chi connectivity index (χ2v) is 7.45. The molecule has 0 N–H and O–H groups in total. The lowest BCUT2D eigenvalue weighted by Crippen LogP contribution is -2.23. The zero-order chi connectivity index (χ0) is 20.3. The quantitative estimate of drug-likeness (QED) is 0.326. The lowest BCUT2D eigenvalue weighted by Gasteiger charge is -2.05. The first kappa shape index (κ1) is 19.9. The molecule has 3 aromatic rings. The Bertz CT molecular complexity index is 1150. The van der Waals surface area contributed by atoms with Gasteiger partial charge in [0.05, 0.1) is 27.3 Å². The molecule has 0 atom stereocenters. The number of nitro benzene ring substituents is 1. The highest BCUT2D eigenvalue weighted by Crippen LogP contribution is 2.23. The molecule has 0 unspecified atom stereocenters. The Labute approximate surface area is 171 Å². The van der Waals surface area contributed by atoms with E-state index in [-0.39, 0.29) is 23.6 Å². The van der Waals surface area contributed by atoms with E-state index in [1.54, 1.807) is 37.3 Å². The van der Waals surface area contributed by atoms with Crippen LogP contribution in [0.4, 0.5) is 5.69 Å². The van der Waals surface area contributed by atoms with Crippen molar-refractivity contribution in [2.45, 2.75) is 13.5 Å². The van der Waals surface area contributed by atoms with Crippen LogP contribution >= 0.6 is 27.3 Å². The molecule has 0 saturated carbocycles. The van der Waals surface area contributed by atoms with Gasteiger partial charge in [0.15, 0.2) is 4.80 Å². The van der Waals surface area contributed by atoms with Gasteiger partial charge in [0.1, 0.15) is 6.54 Å². The number of amides is 1. The van der Waals surface area contributed by atoms with Gasteiger partial charge < -0.3 is 9.30 Å². The molecule has 0 saturated heterocycles. The number of thiazole rings is 1. The molecule has 0 aliphatic rings. The molecule has 3 rings (SSSR count). The van der Waals surface area contributed by atoms with Crippen molar-refractivity contribution in [3.05, 3.63) is 67.4 Å². The molecule has 1 amide bonds. The standard InChI is InChI=1S/C18H14BrN3O5S/c1-2-27-16(23)10-21-14-9-11(22(25)26)7-8-15(14)28-18(21)20-17(24)12-5-3-4-6-13(12)19/h3-9H,2,10H2,1H3. The number of rotatable bonds is 5. The predicted molar refractivity (Wildman–Crippen MR) is 107 cm³/mol. The van der Waals surface area contributed by atoms with Gasteiger partial charge in [-0.2, -0.15) is 4.99 Å². The van der Waals surface area contributed by atoms with Crippen LogP contribution in [0.1, 0.15) is 17.3 Å². The van der Waals surface area contributed by atoms with E-state index in [4.69, 9.17) is 4.74 Å². The van der Waals surface area contributed by atoms with Gasteiger partial charge in [-0.1, -0.05) is 23.5 Å². The van der Waals surface area contributed by atoms with Crippen molar-refractivity contribution in [2.24, 2.45) is 4.99 Å². The molecule has 0 aliphatic heterocycles. The van der Waals surface area contributed by atoms with Gasteiger partial charge in [-0.05, 0) is 41.1 Å². The van der Waals surface area contributed by atoms with E-state index in [1.165, 1.54) is 16.7 Å². The number of fused-ring (bicyclic) bond motifs is 1. The van der Waals surface area contributed by atoms with Crippen LogP contribution in [0.25, 0.3) is 10.2 Å². The zero-order valence-corrected chi connectivity index (χ0v) is 17.0. The number of ether oxygens (including phenoxy) is 1. The lowest BCUT2D eigenvalue weighted by molar-refractivity contribution is -0.384. The first-order chi connectivity index (χ1) is 13.4. The summed E-state index contributed by atoms with van der Waals surface area (Å²) < 4.78 is 7.70. The number of aromatic nitrogens is 1. The molecule has 0 bridgehead atoms. The summed E-state index contributed by atoms with van der Waals surface area (Å²) in [5.41, 5.74) is 0.686. The highest BCUT2D eigenvalue weighted by Gasteiger charge is 2.16. The second kappa shape index (κ2) is 8.44. The SMILES string of the molecule is CCOC(=O)Cn1c(=NC(=O)c2ccccc2Br)sc2ccc([N+](=O)[O-])cc21. The molecule has 10 heteroatoms. The Morgan fingerprint density at radius 2 is 2.04 bits per heavy atom. The molecule has 1 heterocycles. The molecular weight excluding hydrogens is 450 g/mol. The number of hydrogen-bond donors (Lipinski definition) is 0. The number of carbonyl (C=O) groups excluding carboxylic acids is 2. The number of non-ortho nitro benzene ring substituents is 1. The van der Waals surface area contributed by atoms with Gasteiger partial charge in [-0.15, -0.1) is 0 Å². The normalized spacial score (nSPS) is 11.6. The maximum Gasteiger partial charge on any atom is 0.326 e. The fourth-order valence-electron chi connectivity index (χ4n) is 2.53. The number of esters is 1. The van der Waals surface area contributed by atoms with Crippen LogP contribution in [-0.4, -0.2) is 28.0 Å². The monoisotopic (exact) mass is 463 g/mol. The van der Waals surface area contributed by atoms with E-state index in [1.807, 2.05) is 0 Å². The second-order valence-electron chi connectivity index (χ2n) is 5.58. The summed E-state index contributed by atoms with van der Waals surface area (Å²) in [6, 6.07) is 11.1. The summed E-state index contributed by atoms with van der Waals surface area (Å²) in [5.74, 6) is -1.02. The van der Waals surface area contributed by atoms with Crippen LogP contribution in [0.15, 0.2) is 51.9 Å². The van der Waals surface area contributed by atoms with Crippen molar-refractivity contribution < 1.29 is 19.2 Å². The Kier molecular flexibility index (Phi) is 6.00. The van der Waals surface area contributed by atoms with Crippen LogP contribution in [0.5, 0.6) is 0 Å². The summed E-state index contributed by atoms with van der Waals surface area (Å²) >= 11 is 4.48. The number of nitrogens with zero attached hydrogens (tertiary/aromatic N) is 3. The van der Waals surface area contributed by atoms with Gasteiger partial charge in [0.2, 0.25) is 0 Å². The third kappa shape index (κ3) is 4.18. The Hall–Kier alpha value is -2.85. The van der Waals surface area contributed by atoms with Gasteiger partial charge >= 0.3 is 5.97 Å². The van der Waals surface area contributed by atoms with E-state index >= 15 is 0 Å². The summed E-state index contributed by atoms with van der Waals surface area (Å²) in [6.07, 6.45) is 0. The highest BCUT2D eigenvalue weighted by molar-refractivity contribution is 9.10. The van der Waals surface area contributed by atoms with Crippen LogP contribution in [0, 0.1) is 10.1 Å². The fourth-order valence-corrected chi connectivity index (χ4v) is 3.99. The number of nitro groups is 1. The Morgan fingerprint density at radius 3 is 2.71 bits per heavy atom. The van der Waals surface area contributed by atoms with Gasteiger partial charge in [0.25, 0.3) is 11.6 Å². The number of benzene rings is 2. The van der Waals surface area contributed by atoms with Crippen LogP contribution in [-0.2, 0) is 16.1 Å². The third-order valence-electron chi connectivity index (χ3n) is 3.77. The number of carbonyl (C=O) groups is 2. The predicted octanol–water partition coefficient (Wildman–Crippen LogP) is 3.68. The van der Waals surface area contributed by atoms with Crippen molar-refractivity contribution in [1.29, 1.82) is 0 Å². The molecule has 144 valence electrons. The highest BCUT2D eigenvalue weighted by atomic mass is 79.9. The first-order valence-corrected chi connectivity index (χ1v) is 9.78. The van der Waals surface area contributed by atoms with Crippen LogP contribution < -0.4 is 4.80 Å². The maximum absolute atomic E-state index is 12.6. The van der Waals surface area contributed by atoms with E-state index in [0.29, 0.717) is 20.3 Å². The minimum atomic E-state index is -0.525. The largest absolute Gasteiger partial charge is 0.465 e. The smallest absolute Gasteiger partial charge is 0.326 e. The van der Waals surface area contributed by atoms with Crippen molar-refractivity contribution >= 4 is 55.0 Å². The summed E-state index contributed by atoms with van der Waals surface area (Å²) in [7, 11) is 0. The maximum atomic E-state index is 12.6. The van der Waals surface area contributed by atoms with E-state index in [0.717, 1.165) is 11.3 Å². The van der Waals surface area contributed by atoms with Crippen molar-refractivity contribution in [1.82, 2.24) is 4.57 Å². The van der Waals surface area contributed by atoms with E-state index < -0.39 is 16.8 Å². The summed E-state index contributed by atoms with van der Waals surface area (Å²) in [4.78, 5) is 39.6. The number of hydrogen-bond acceptors (Lipinski definition) is 6.